The van der Waals surface area contributed by atoms with Crippen molar-refractivity contribution >= 4 is 17.4 Å². The molecule has 1 aromatic carbocycles. The summed E-state index contributed by atoms with van der Waals surface area (Å²) in [4.78, 5) is 19.7. The molecule has 0 saturated heterocycles. The maximum absolute atomic E-state index is 12.0. The Kier molecular flexibility index (Phi) is 3.70. The first-order valence-corrected chi connectivity index (χ1v) is 6.36. The minimum Gasteiger partial charge on any atom is -0.382 e. The van der Waals surface area contributed by atoms with E-state index >= 15 is 0 Å². The first-order valence-electron chi connectivity index (χ1n) is 6.36. The second-order valence-electron chi connectivity index (χ2n) is 5.61. The minimum absolute atomic E-state index is 0.0883. The number of hydrogen-bond acceptors (Lipinski definition) is 4. The minimum atomic E-state index is -0.305. The maximum atomic E-state index is 12.0. The topological polar surface area (TPSA) is 80.9 Å². The van der Waals surface area contributed by atoms with E-state index in [4.69, 9.17) is 5.73 Å². The average Bonchev–Trinajstić information content (AvgIpc) is 2.39. The molecular formula is C15H18N4O. The van der Waals surface area contributed by atoms with E-state index in [-0.39, 0.29) is 22.8 Å². The number of anilines is 2. The van der Waals surface area contributed by atoms with Gasteiger partial charge in [-0.25, -0.2) is 9.97 Å². The SMILES string of the molecule is CC(C)(C)c1ccc(NC(=O)c2cnc(N)cn2)cc1. The Bertz CT molecular complexity index is 597. The van der Waals surface area contributed by atoms with Crippen molar-refractivity contribution in [3.8, 4) is 0 Å². The summed E-state index contributed by atoms with van der Waals surface area (Å²) < 4.78 is 0. The molecule has 1 heterocycles. The van der Waals surface area contributed by atoms with E-state index in [0.29, 0.717) is 0 Å². The van der Waals surface area contributed by atoms with Gasteiger partial charge in [-0.15, -0.1) is 0 Å². The lowest BCUT2D eigenvalue weighted by atomic mass is 9.87. The second-order valence-corrected chi connectivity index (χ2v) is 5.61. The Balaban J connectivity index is 2.10. The first kappa shape index (κ1) is 14.0. The average molecular weight is 270 g/mol. The van der Waals surface area contributed by atoms with E-state index in [0.717, 1.165) is 5.69 Å². The number of nitrogens with one attached hydrogen (secondary N) is 1. The third kappa shape index (κ3) is 3.32. The van der Waals surface area contributed by atoms with Crippen LogP contribution in [0, 0.1) is 0 Å². The van der Waals surface area contributed by atoms with Gasteiger partial charge in [0.25, 0.3) is 5.91 Å². The van der Waals surface area contributed by atoms with Gasteiger partial charge in [0.1, 0.15) is 11.5 Å². The van der Waals surface area contributed by atoms with Gasteiger partial charge in [0.2, 0.25) is 0 Å². The molecule has 0 spiro atoms. The van der Waals surface area contributed by atoms with E-state index in [1.165, 1.54) is 18.0 Å². The Morgan fingerprint density at radius 1 is 1.10 bits per heavy atom. The van der Waals surface area contributed by atoms with Crippen LogP contribution < -0.4 is 11.1 Å². The van der Waals surface area contributed by atoms with Gasteiger partial charge < -0.3 is 11.1 Å². The summed E-state index contributed by atoms with van der Waals surface area (Å²) in [5.41, 5.74) is 7.69. The van der Waals surface area contributed by atoms with Crippen LogP contribution in [-0.4, -0.2) is 15.9 Å². The summed E-state index contributed by atoms with van der Waals surface area (Å²) in [6, 6.07) is 7.76. The van der Waals surface area contributed by atoms with Gasteiger partial charge in [0.05, 0.1) is 12.4 Å². The number of nitrogen functional groups attached to an aromatic ring is 1. The van der Waals surface area contributed by atoms with Crippen LogP contribution in [0.15, 0.2) is 36.7 Å². The lowest BCUT2D eigenvalue weighted by Gasteiger charge is -2.19. The first-order chi connectivity index (χ1) is 9.36. The monoisotopic (exact) mass is 270 g/mol. The van der Waals surface area contributed by atoms with E-state index < -0.39 is 0 Å². The van der Waals surface area contributed by atoms with Crippen LogP contribution in [0.4, 0.5) is 11.5 Å². The summed E-state index contributed by atoms with van der Waals surface area (Å²) in [5.74, 6) is -0.0166. The fourth-order valence-corrected chi connectivity index (χ4v) is 1.70. The predicted molar refractivity (Wildman–Crippen MR) is 79.5 cm³/mol. The Morgan fingerprint density at radius 2 is 1.75 bits per heavy atom. The lowest BCUT2D eigenvalue weighted by Crippen LogP contribution is -2.15. The molecule has 104 valence electrons. The molecule has 0 aliphatic rings. The van der Waals surface area contributed by atoms with Crippen molar-refractivity contribution in [3.05, 3.63) is 47.9 Å². The van der Waals surface area contributed by atoms with Crippen LogP contribution in [-0.2, 0) is 5.41 Å². The molecule has 20 heavy (non-hydrogen) atoms. The molecule has 0 aliphatic heterocycles. The molecule has 2 aromatic rings. The van der Waals surface area contributed by atoms with Gasteiger partial charge in [-0.05, 0) is 23.1 Å². The summed E-state index contributed by atoms with van der Waals surface area (Å²) in [7, 11) is 0. The van der Waals surface area contributed by atoms with E-state index in [1.807, 2.05) is 24.3 Å². The van der Waals surface area contributed by atoms with Crippen LogP contribution in [0.25, 0.3) is 0 Å². The van der Waals surface area contributed by atoms with Crippen LogP contribution >= 0.6 is 0 Å². The Hall–Kier alpha value is -2.43. The fourth-order valence-electron chi connectivity index (χ4n) is 1.70. The molecule has 0 unspecified atom stereocenters. The van der Waals surface area contributed by atoms with Gasteiger partial charge >= 0.3 is 0 Å². The van der Waals surface area contributed by atoms with Gasteiger partial charge in [-0.2, -0.15) is 0 Å². The zero-order valence-electron chi connectivity index (χ0n) is 11.8. The molecule has 0 atom stereocenters. The zero-order valence-corrected chi connectivity index (χ0v) is 11.8. The van der Waals surface area contributed by atoms with Crippen molar-refractivity contribution in [2.75, 3.05) is 11.1 Å². The van der Waals surface area contributed by atoms with Gasteiger partial charge in [0, 0.05) is 5.69 Å². The van der Waals surface area contributed by atoms with Gasteiger partial charge in [-0.1, -0.05) is 32.9 Å². The number of rotatable bonds is 2. The Morgan fingerprint density at radius 3 is 2.25 bits per heavy atom. The van der Waals surface area contributed by atoms with Crippen molar-refractivity contribution in [1.29, 1.82) is 0 Å². The highest BCUT2D eigenvalue weighted by Crippen LogP contribution is 2.23. The van der Waals surface area contributed by atoms with Crippen molar-refractivity contribution in [1.82, 2.24) is 9.97 Å². The molecule has 5 heteroatoms. The smallest absolute Gasteiger partial charge is 0.275 e. The summed E-state index contributed by atoms with van der Waals surface area (Å²) in [5, 5.41) is 2.77. The number of carbonyl (C=O) groups is 1. The molecule has 1 amide bonds. The molecule has 0 bridgehead atoms. The third-order valence-corrected chi connectivity index (χ3v) is 2.91. The molecule has 1 aromatic heterocycles. The number of amides is 1. The molecule has 0 radical (unpaired) electrons. The predicted octanol–water partition coefficient (Wildman–Crippen LogP) is 2.61. The highest BCUT2D eigenvalue weighted by Gasteiger charge is 2.13. The largest absolute Gasteiger partial charge is 0.382 e. The van der Waals surface area contributed by atoms with Gasteiger partial charge in [0.15, 0.2) is 0 Å². The molecular weight excluding hydrogens is 252 g/mol. The molecule has 0 aliphatic carbocycles. The highest BCUT2D eigenvalue weighted by atomic mass is 16.1. The summed E-state index contributed by atoms with van der Waals surface area (Å²) in [6.45, 7) is 6.43. The number of nitrogens with zero attached hydrogens (tertiary/aromatic N) is 2. The van der Waals surface area contributed by atoms with E-state index in [1.54, 1.807) is 0 Å². The van der Waals surface area contributed by atoms with E-state index in [9.17, 15) is 4.79 Å². The van der Waals surface area contributed by atoms with Crippen molar-refractivity contribution in [3.63, 3.8) is 0 Å². The summed E-state index contributed by atoms with van der Waals surface area (Å²) in [6.07, 6.45) is 2.71. The van der Waals surface area contributed by atoms with Crippen molar-refractivity contribution in [2.45, 2.75) is 26.2 Å². The number of nitrogens with two attached hydrogens (primary N) is 1. The van der Waals surface area contributed by atoms with Crippen molar-refractivity contribution < 1.29 is 4.79 Å². The molecule has 2 rings (SSSR count). The van der Waals surface area contributed by atoms with Crippen LogP contribution in [0.3, 0.4) is 0 Å². The second kappa shape index (κ2) is 5.28. The van der Waals surface area contributed by atoms with E-state index in [2.05, 4.69) is 36.1 Å². The molecule has 0 fully saturated rings. The number of carbonyl (C=O) groups excluding carboxylic acids is 1. The maximum Gasteiger partial charge on any atom is 0.275 e. The normalized spacial score (nSPS) is 11.2. The number of hydrogen-bond donors (Lipinski definition) is 2. The van der Waals surface area contributed by atoms with Crippen LogP contribution in [0.2, 0.25) is 0 Å². The number of benzene rings is 1. The fraction of sp³-hybridized carbons (Fsp3) is 0.267. The molecule has 3 N–H and O–H groups in total. The number of aromatic nitrogens is 2. The third-order valence-electron chi connectivity index (χ3n) is 2.91. The standard InChI is InChI=1S/C15H18N4O/c1-15(2,3)10-4-6-11(7-5-10)19-14(20)12-8-18-13(16)9-17-12/h4-9H,1-3H3,(H2,16,18)(H,19,20). The lowest BCUT2D eigenvalue weighted by molar-refractivity contribution is 0.102. The van der Waals surface area contributed by atoms with Crippen LogP contribution in [0.1, 0.15) is 36.8 Å². The quantitative estimate of drug-likeness (QED) is 0.879. The molecule has 0 saturated carbocycles. The highest BCUT2D eigenvalue weighted by molar-refractivity contribution is 6.02. The van der Waals surface area contributed by atoms with Crippen molar-refractivity contribution in [2.24, 2.45) is 0 Å². The molecule has 5 nitrogen and oxygen atoms in total. The summed E-state index contributed by atoms with van der Waals surface area (Å²) >= 11 is 0. The van der Waals surface area contributed by atoms with Gasteiger partial charge in [-0.3, -0.25) is 4.79 Å². The zero-order chi connectivity index (χ0) is 14.8. The Labute approximate surface area is 118 Å². The van der Waals surface area contributed by atoms with Crippen LogP contribution in [0.5, 0.6) is 0 Å².